The first-order chi connectivity index (χ1) is 10.9. The fourth-order valence-electron chi connectivity index (χ4n) is 1.89. The van der Waals surface area contributed by atoms with E-state index in [1.807, 2.05) is 20.8 Å². The van der Waals surface area contributed by atoms with Crippen LogP contribution < -0.4 is 5.32 Å². The minimum atomic E-state index is -0.549. The van der Waals surface area contributed by atoms with E-state index in [0.717, 1.165) is 0 Å². The lowest BCUT2D eigenvalue weighted by Gasteiger charge is -2.26. The molecular formula is C14H19N7O2. The van der Waals surface area contributed by atoms with E-state index >= 15 is 0 Å². The van der Waals surface area contributed by atoms with E-state index in [9.17, 15) is 4.79 Å². The van der Waals surface area contributed by atoms with E-state index < -0.39 is 5.54 Å². The Morgan fingerprint density at radius 3 is 2.65 bits per heavy atom. The maximum Gasteiger partial charge on any atom is 0.251 e. The van der Waals surface area contributed by atoms with Crippen molar-refractivity contribution in [3.8, 4) is 0 Å². The molecule has 0 radical (unpaired) electrons. The molecule has 122 valence electrons. The second-order valence-corrected chi connectivity index (χ2v) is 5.44. The largest absolute Gasteiger partial charge is 0.379 e. The Morgan fingerprint density at radius 2 is 2.04 bits per heavy atom. The molecule has 0 aliphatic rings. The minimum absolute atomic E-state index is 0.0634. The molecule has 9 heteroatoms. The molecule has 0 unspecified atom stereocenters. The number of rotatable bonds is 8. The summed E-state index contributed by atoms with van der Waals surface area (Å²) in [4.78, 5) is 17.8. The Hall–Kier alpha value is -2.73. The van der Waals surface area contributed by atoms with E-state index in [1.54, 1.807) is 12.1 Å². The van der Waals surface area contributed by atoms with Crippen molar-refractivity contribution in [3.05, 3.63) is 50.2 Å². The molecular weight excluding hydrogens is 298 g/mol. The van der Waals surface area contributed by atoms with E-state index in [4.69, 9.17) is 15.8 Å². The zero-order valence-corrected chi connectivity index (χ0v) is 13.4. The maximum atomic E-state index is 12.4. The fourth-order valence-corrected chi connectivity index (χ4v) is 1.89. The van der Waals surface area contributed by atoms with Crippen molar-refractivity contribution >= 4 is 11.6 Å². The summed E-state index contributed by atoms with van der Waals surface area (Å²) in [5, 5.41) is 9.82. The molecule has 1 aromatic rings. The van der Waals surface area contributed by atoms with Crippen molar-refractivity contribution in [3.63, 3.8) is 0 Å². The Bertz CT molecular complexity index is 659. The average Bonchev–Trinajstić information content (AvgIpc) is 2.50. The summed E-state index contributed by atoms with van der Waals surface area (Å²) in [6, 6.07) is 4.64. The molecule has 0 atom stereocenters. The van der Waals surface area contributed by atoms with Crippen LogP contribution in [0.2, 0.25) is 0 Å². The quantitative estimate of drug-likeness (QED) is 0.440. The van der Waals surface area contributed by atoms with Crippen LogP contribution in [0.4, 0.5) is 5.69 Å². The number of hydrogen-bond acceptors (Lipinski definition) is 4. The van der Waals surface area contributed by atoms with Gasteiger partial charge >= 0.3 is 0 Å². The van der Waals surface area contributed by atoms with Crippen molar-refractivity contribution in [2.75, 3.05) is 13.2 Å². The first-order valence-electron chi connectivity index (χ1n) is 7.02. The van der Waals surface area contributed by atoms with Gasteiger partial charge in [-0.05, 0) is 55.6 Å². The number of nitrogens with one attached hydrogen (secondary N) is 1. The van der Waals surface area contributed by atoms with Gasteiger partial charge in [0.1, 0.15) is 0 Å². The smallest absolute Gasteiger partial charge is 0.251 e. The summed E-state index contributed by atoms with van der Waals surface area (Å²) < 4.78 is 5.34. The van der Waals surface area contributed by atoms with Gasteiger partial charge in [0.2, 0.25) is 0 Å². The molecule has 1 aromatic carbocycles. The molecule has 1 rings (SSSR count). The number of benzene rings is 1. The molecule has 0 heterocycles. The number of amides is 1. The topological polar surface area (TPSA) is 136 Å². The van der Waals surface area contributed by atoms with Crippen LogP contribution in [-0.4, -0.2) is 24.7 Å². The van der Waals surface area contributed by atoms with E-state index in [2.05, 4.69) is 25.4 Å². The van der Waals surface area contributed by atoms with Gasteiger partial charge in [-0.3, -0.25) is 4.79 Å². The third-order valence-electron chi connectivity index (χ3n) is 2.84. The Morgan fingerprint density at radius 1 is 1.30 bits per heavy atom. The first kappa shape index (κ1) is 18.3. The highest BCUT2D eigenvalue weighted by Gasteiger charge is 2.21. The van der Waals surface area contributed by atoms with Crippen molar-refractivity contribution in [2.24, 2.45) is 10.2 Å². The van der Waals surface area contributed by atoms with Crippen molar-refractivity contribution < 1.29 is 9.53 Å². The van der Waals surface area contributed by atoms with Gasteiger partial charge in [0.15, 0.2) is 0 Å². The second kappa shape index (κ2) is 8.65. The highest BCUT2D eigenvalue weighted by Crippen LogP contribution is 2.20. The maximum absolute atomic E-state index is 12.4. The van der Waals surface area contributed by atoms with Gasteiger partial charge in [-0.15, -0.1) is 0 Å². The summed E-state index contributed by atoms with van der Waals surface area (Å²) in [5.74, 6) is -0.327. The molecule has 0 saturated carbocycles. The highest BCUT2D eigenvalue weighted by molar-refractivity contribution is 5.95. The summed E-state index contributed by atoms with van der Waals surface area (Å²) in [6.45, 7) is 6.56. The molecule has 0 bridgehead atoms. The number of azide groups is 2. The van der Waals surface area contributed by atoms with Crippen LogP contribution in [0.3, 0.4) is 0 Å². The number of nitrogens with zero attached hydrogens (tertiary/aromatic N) is 6. The van der Waals surface area contributed by atoms with E-state index in [-0.39, 0.29) is 18.1 Å². The first-order valence-corrected chi connectivity index (χ1v) is 7.02. The zero-order valence-electron chi connectivity index (χ0n) is 13.4. The molecule has 23 heavy (non-hydrogen) atoms. The van der Waals surface area contributed by atoms with Crippen molar-refractivity contribution in [1.29, 1.82) is 0 Å². The lowest BCUT2D eigenvalue weighted by atomic mass is 10.0. The standard InChI is InChI=1S/C14H19N7O2/c1-4-23-9-14(2,3)18-13(22)11-5-10(8-17-20-15)6-12(7-11)19-21-16/h5-7H,4,8-9H2,1-3H3,(H,18,22). The number of hydrogen-bond donors (Lipinski definition) is 1. The molecule has 0 aliphatic heterocycles. The third-order valence-corrected chi connectivity index (χ3v) is 2.84. The van der Waals surface area contributed by atoms with Crippen LogP contribution in [0.15, 0.2) is 28.4 Å². The van der Waals surface area contributed by atoms with Gasteiger partial charge in [0.25, 0.3) is 5.91 Å². The molecule has 0 saturated heterocycles. The summed E-state index contributed by atoms with van der Waals surface area (Å²) in [5.41, 5.74) is 17.6. The number of carbonyl (C=O) groups is 1. The summed E-state index contributed by atoms with van der Waals surface area (Å²) in [6.07, 6.45) is 0. The van der Waals surface area contributed by atoms with Crippen molar-refractivity contribution in [1.82, 2.24) is 5.32 Å². The Balaban J connectivity index is 3.04. The van der Waals surface area contributed by atoms with Crippen molar-refractivity contribution in [2.45, 2.75) is 32.9 Å². The van der Waals surface area contributed by atoms with E-state index in [1.165, 1.54) is 6.07 Å². The minimum Gasteiger partial charge on any atom is -0.379 e. The Kier molecular flexibility index (Phi) is 6.89. The van der Waals surface area contributed by atoms with Crippen LogP contribution in [0.25, 0.3) is 20.9 Å². The van der Waals surface area contributed by atoms with E-state index in [0.29, 0.717) is 24.3 Å². The fraction of sp³-hybridized carbons (Fsp3) is 0.500. The lowest BCUT2D eigenvalue weighted by Crippen LogP contribution is -2.47. The van der Waals surface area contributed by atoms with Gasteiger partial charge in [-0.25, -0.2) is 0 Å². The van der Waals surface area contributed by atoms with Crippen LogP contribution >= 0.6 is 0 Å². The molecule has 0 aliphatic carbocycles. The van der Waals surface area contributed by atoms with Gasteiger partial charge in [0, 0.05) is 27.7 Å². The normalized spacial score (nSPS) is 10.4. The second-order valence-electron chi connectivity index (χ2n) is 5.44. The third kappa shape index (κ3) is 6.27. The van der Waals surface area contributed by atoms with Crippen LogP contribution in [0.1, 0.15) is 36.7 Å². The zero-order chi connectivity index (χ0) is 17.3. The predicted molar refractivity (Wildman–Crippen MR) is 86.1 cm³/mol. The predicted octanol–water partition coefficient (Wildman–Crippen LogP) is 3.98. The summed E-state index contributed by atoms with van der Waals surface area (Å²) >= 11 is 0. The number of carbonyl (C=O) groups excluding carboxylic acids is 1. The molecule has 0 spiro atoms. The van der Waals surface area contributed by atoms with Gasteiger partial charge in [-0.2, -0.15) is 0 Å². The van der Waals surface area contributed by atoms with Crippen LogP contribution in [-0.2, 0) is 11.3 Å². The van der Waals surface area contributed by atoms with Gasteiger partial charge in [-0.1, -0.05) is 10.2 Å². The lowest BCUT2D eigenvalue weighted by molar-refractivity contribution is 0.0725. The van der Waals surface area contributed by atoms with Crippen LogP contribution in [0.5, 0.6) is 0 Å². The molecule has 0 fully saturated rings. The molecule has 9 nitrogen and oxygen atoms in total. The average molecular weight is 317 g/mol. The monoisotopic (exact) mass is 317 g/mol. The van der Waals surface area contributed by atoms with Gasteiger partial charge < -0.3 is 10.1 Å². The molecule has 1 N–H and O–H groups in total. The highest BCUT2D eigenvalue weighted by atomic mass is 16.5. The molecule has 1 amide bonds. The van der Waals surface area contributed by atoms with Crippen LogP contribution in [0, 0.1) is 0 Å². The molecule has 0 aromatic heterocycles. The summed E-state index contributed by atoms with van der Waals surface area (Å²) in [7, 11) is 0. The van der Waals surface area contributed by atoms with Gasteiger partial charge in [0.05, 0.1) is 18.7 Å². The Labute approximate surface area is 133 Å². The SMILES string of the molecule is CCOCC(C)(C)NC(=O)c1cc(CN=[N+]=[N-])cc(N=[N+]=[N-])c1. The number of ether oxygens (including phenoxy) is 1.